The molecule has 0 saturated carbocycles. The molecule has 4 aromatic rings. The maximum Gasteiger partial charge on any atom is 0.269 e. The number of halogens is 2. The fraction of sp³-hybridized carbons (Fsp3) is 0.207. The molecule has 0 radical (unpaired) electrons. The van der Waals surface area contributed by atoms with E-state index in [1.807, 2.05) is 54.7 Å². The van der Waals surface area contributed by atoms with Gasteiger partial charge in [0.25, 0.3) is 5.56 Å². The van der Waals surface area contributed by atoms with Crippen LogP contribution in [0, 0.1) is 0 Å². The van der Waals surface area contributed by atoms with E-state index in [9.17, 15) is 4.79 Å². The minimum atomic E-state index is -0.242. The molecule has 5 nitrogen and oxygen atoms in total. The summed E-state index contributed by atoms with van der Waals surface area (Å²) in [5, 5.41) is 0.838. The Balaban J connectivity index is 1.63. The highest BCUT2D eigenvalue weighted by Crippen LogP contribution is 2.48. The van der Waals surface area contributed by atoms with Crippen molar-refractivity contribution in [2.24, 2.45) is 0 Å². The van der Waals surface area contributed by atoms with Gasteiger partial charge in [0.1, 0.15) is 16.8 Å². The second-order valence-electron chi connectivity index (χ2n) is 9.21. The third kappa shape index (κ3) is 4.23. The highest BCUT2D eigenvalue weighted by atomic mass is 35.5. The molecule has 0 spiro atoms. The van der Waals surface area contributed by atoms with Crippen molar-refractivity contribution in [3.05, 3.63) is 122 Å². The fourth-order valence-electron chi connectivity index (χ4n) is 4.87. The number of benzene rings is 2. The Labute approximate surface area is 220 Å². The number of fused-ring (bicyclic) bond motifs is 1. The Hall–Kier alpha value is -3.41. The van der Waals surface area contributed by atoms with Crippen LogP contribution in [-0.4, -0.2) is 16.2 Å². The number of anilines is 1. The number of pyridine rings is 1. The molecule has 184 valence electrons. The van der Waals surface area contributed by atoms with Gasteiger partial charge in [-0.05, 0) is 61.4 Å². The van der Waals surface area contributed by atoms with E-state index in [2.05, 4.69) is 42.2 Å². The van der Waals surface area contributed by atoms with Crippen LogP contribution in [0.15, 0.2) is 84.4 Å². The maximum absolute atomic E-state index is 13.0. The minimum Gasteiger partial charge on any atom is -0.497 e. The van der Waals surface area contributed by atoms with E-state index in [1.165, 1.54) is 0 Å². The largest absolute Gasteiger partial charge is 0.497 e. The lowest BCUT2D eigenvalue weighted by atomic mass is 10.0. The smallest absolute Gasteiger partial charge is 0.269 e. The van der Waals surface area contributed by atoms with E-state index in [0.717, 1.165) is 39.5 Å². The number of nitrogens with zero attached hydrogens (tertiary/aromatic N) is 3. The molecule has 36 heavy (non-hydrogen) atoms. The van der Waals surface area contributed by atoms with Gasteiger partial charge in [-0.25, -0.2) is 0 Å². The van der Waals surface area contributed by atoms with Crippen LogP contribution in [0.1, 0.15) is 48.3 Å². The van der Waals surface area contributed by atoms with Gasteiger partial charge in [0.2, 0.25) is 0 Å². The zero-order chi connectivity index (χ0) is 25.6. The summed E-state index contributed by atoms with van der Waals surface area (Å²) in [6, 6.07) is 19.5. The minimum absolute atomic E-state index is 0.148. The van der Waals surface area contributed by atoms with Gasteiger partial charge in [0.05, 0.1) is 25.0 Å². The maximum atomic E-state index is 13.0. The van der Waals surface area contributed by atoms with Gasteiger partial charge in [-0.2, -0.15) is 0 Å². The molecular weight excluding hydrogens is 493 g/mol. The molecule has 0 bridgehead atoms. The molecule has 1 aliphatic rings. The molecule has 1 unspecified atom stereocenters. The average molecular weight is 520 g/mol. The van der Waals surface area contributed by atoms with Crippen molar-refractivity contribution in [2.75, 3.05) is 12.0 Å². The highest BCUT2D eigenvalue weighted by molar-refractivity contribution is 6.31. The van der Waals surface area contributed by atoms with Crippen LogP contribution < -0.4 is 15.2 Å². The van der Waals surface area contributed by atoms with Crippen LogP contribution in [0.2, 0.25) is 10.0 Å². The summed E-state index contributed by atoms with van der Waals surface area (Å²) in [4.78, 5) is 15.1. The third-order valence-electron chi connectivity index (χ3n) is 6.63. The van der Waals surface area contributed by atoms with E-state index < -0.39 is 0 Å². The molecule has 1 atom stereocenters. The number of methoxy groups -OCH3 is 1. The summed E-state index contributed by atoms with van der Waals surface area (Å²) in [5.41, 5.74) is 5.68. The molecule has 0 amide bonds. The Bertz CT molecular complexity index is 1480. The third-order valence-corrected chi connectivity index (χ3v) is 7.16. The zero-order valence-corrected chi connectivity index (χ0v) is 21.9. The Morgan fingerprint density at radius 3 is 2.36 bits per heavy atom. The molecule has 0 saturated heterocycles. The SMILES string of the molecule is C=C1c2ccn(C(C)C)c2C(c2ccc(Cl)cc2)N1c1cc(Cl)c(=O)n(Cc2ccc(OC)cc2)c1. The molecule has 1 aliphatic heterocycles. The summed E-state index contributed by atoms with van der Waals surface area (Å²) in [6.45, 7) is 9.16. The van der Waals surface area contributed by atoms with Gasteiger partial charge in [-0.15, -0.1) is 0 Å². The topological polar surface area (TPSA) is 39.4 Å². The summed E-state index contributed by atoms with van der Waals surface area (Å²) in [6.07, 6.45) is 3.97. The molecule has 0 aliphatic carbocycles. The Morgan fingerprint density at radius 2 is 1.72 bits per heavy atom. The molecule has 0 fully saturated rings. The molecule has 0 N–H and O–H groups in total. The summed E-state index contributed by atoms with van der Waals surface area (Å²) < 4.78 is 9.17. The van der Waals surface area contributed by atoms with Crippen LogP contribution in [0.5, 0.6) is 5.75 Å². The number of hydrogen-bond donors (Lipinski definition) is 0. The second-order valence-corrected chi connectivity index (χ2v) is 10.1. The van der Waals surface area contributed by atoms with Crippen LogP contribution in [0.3, 0.4) is 0 Å². The van der Waals surface area contributed by atoms with Crippen molar-refractivity contribution < 1.29 is 4.74 Å². The van der Waals surface area contributed by atoms with Crippen molar-refractivity contribution in [2.45, 2.75) is 32.5 Å². The van der Waals surface area contributed by atoms with Crippen molar-refractivity contribution in [3.8, 4) is 5.75 Å². The first-order valence-electron chi connectivity index (χ1n) is 11.8. The van der Waals surface area contributed by atoms with Crippen molar-refractivity contribution in [3.63, 3.8) is 0 Å². The number of aromatic nitrogens is 2. The van der Waals surface area contributed by atoms with Gasteiger partial charge >= 0.3 is 0 Å². The predicted octanol–water partition coefficient (Wildman–Crippen LogP) is 7.17. The Morgan fingerprint density at radius 1 is 1.03 bits per heavy atom. The first-order chi connectivity index (χ1) is 17.3. The average Bonchev–Trinajstić information content (AvgIpc) is 3.42. The van der Waals surface area contributed by atoms with Crippen molar-refractivity contribution in [1.82, 2.24) is 9.13 Å². The van der Waals surface area contributed by atoms with Gasteiger partial charge in [0, 0.05) is 34.7 Å². The highest BCUT2D eigenvalue weighted by Gasteiger charge is 2.38. The lowest BCUT2D eigenvalue weighted by Gasteiger charge is -2.30. The monoisotopic (exact) mass is 519 g/mol. The fourth-order valence-corrected chi connectivity index (χ4v) is 5.21. The lowest BCUT2D eigenvalue weighted by molar-refractivity contribution is 0.414. The van der Waals surface area contributed by atoms with Crippen LogP contribution in [0.4, 0.5) is 5.69 Å². The van der Waals surface area contributed by atoms with Crippen LogP contribution in [0.25, 0.3) is 5.70 Å². The van der Waals surface area contributed by atoms with E-state index in [0.29, 0.717) is 11.6 Å². The summed E-state index contributed by atoms with van der Waals surface area (Å²) in [5.74, 6) is 0.764. The number of hydrogen-bond acceptors (Lipinski definition) is 3. The first kappa shape index (κ1) is 24.3. The second kappa shape index (κ2) is 9.57. The van der Waals surface area contributed by atoms with Gasteiger partial charge in [0.15, 0.2) is 0 Å². The quantitative estimate of drug-likeness (QED) is 0.271. The number of ether oxygens (including phenoxy) is 1. The van der Waals surface area contributed by atoms with Crippen molar-refractivity contribution in [1.29, 1.82) is 0 Å². The molecule has 7 heteroatoms. The molecule has 2 aromatic carbocycles. The zero-order valence-electron chi connectivity index (χ0n) is 20.4. The Kier molecular flexibility index (Phi) is 6.45. The molecular formula is C29H27Cl2N3O2. The standard InChI is InChI=1S/C29H27Cl2N3O2/c1-18(2)33-14-13-25-19(3)34(27(28(25)33)21-7-9-22(30)10-8-21)23-15-26(31)29(35)32(17-23)16-20-5-11-24(36-4)12-6-20/h5-15,17-18,27H,3,16H2,1-2,4H3. The van der Waals surface area contributed by atoms with E-state index in [-0.39, 0.29) is 22.7 Å². The van der Waals surface area contributed by atoms with Gasteiger partial charge in [-0.1, -0.05) is 54.0 Å². The summed E-state index contributed by atoms with van der Waals surface area (Å²) in [7, 11) is 1.63. The normalized spacial score (nSPS) is 15.0. The van der Waals surface area contributed by atoms with Gasteiger partial charge < -0.3 is 18.8 Å². The van der Waals surface area contributed by atoms with Crippen LogP contribution >= 0.6 is 23.2 Å². The first-order valence-corrected chi connectivity index (χ1v) is 12.5. The molecule has 3 heterocycles. The number of rotatable bonds is 6. The van der Waals surface area contributed by atoms with Gasteiger partial charge in [-0.3, -0.25) is 4.79 Å². The van der Waals surface area contributed by atoms with E-state index >= 15 is 0 Å². The van der Waals surface area contributed by atoms with Crippen molar-refractivity contribution >= 4 is 34.6 Å². The lowest BCUT2D eigenvalue weighted by Crippen LogP contribution is -2.27. The summed E-state index contributed by atoms with van der Waals surface area (Å²) >= 11 is 12.7. The molecule has 2 aromatic heterocycles. The van der Waals surface area contributed by atoms with E-state index in [4.69, 9.17) is 27.9 Å². The van der Waals surface area contributed by atoms with Crippen LogP contribution in [-0.2, 0) is 6.54 Å². The molecule has 5 rings (SSSR count). The predicted molar refractivity (Wildman–Crippen MR) is 147 cm³/mol. The van der Waals surface area contributed by atoms with E-state index in [1.54, 1.807) is 17.7 Å².